The minimum Gasteiger partial charge on any atom is -0.435 e. The summed E-state index contributed by atoms with van der Waals surface area (Å²) >= 11 is 0. The zero-order chi connectivity index (χ0) is 20.1. The van der Waals surface area contributed by atoms with Crippen LogP contribution in [0.25, 0.3) is 0 Å². The van der Waals surface area contributed by atoms with Gasteiger partial charge in [0.1, 0.15) is 5.75 Å². The van der Waals surface area contributed by atoms with Crippen LogP contribution in [0.1, 0.15) is 32.9 Å². The maximum absolute atomic E-state index is 12.3. The van der Waals surface area contributed by atoms with Gasteiger partial charge in [-0.15, -0.1) is 0 Å². The molecule has 1 amide bonds. The van der Waals surface area contributed by atoms with Crippen LogP contribution in [0, 0.1) is 13.8 Å². The summed E-state index contributed by atoms with van der Waals surface area (Å²) in [5, 5.41) is 7.43. The first-order chi connectivity index (χ1) is 13.4. The molecule has 1 aromatic heterocycles. The van der Waals surface area contributed by atoms with Crippen molar-refractivity contribution in [3.8, 4) is 5.75 Å². The second-order valence-electron chi connectivity index (χ2n) is 6.38. The number of halogens is 2. The van der Waals surface area contributed by atoms with Crippen molar-refractivity contribution in [2.45, 2.75) is 33.5 Å². The average molecular weight is 385 g/mol. The highest BCUT2D eigenvalue weighted by Gasteiger charge is 2.14. The van der Waals surface area contributed by atoms with Gasteiger partial charge in [0, 0.05) is 23.4 Å². The van der Waals surface area contributed by atoms with Crippen LogP contribution in [0.2, 0.25) is 0 Å². The van der Waals surface area contributed by atoms with E-state index in [0.29, 0.717) is 18.7 Å². The highest BCUT2D eigenvalue weighted by molar-refractivity contribution is 5.94. The van der Waals surface area contributed by atoms with Gasteiger partial charge in [0.2, 0.25) is 0 Å². The quantitative estimate of drug-likeness (QED) is 0.667. The van der Waals surface area contributed by atoms with Crippen LogP contribution in [0.15, 0.2) is 54.6 Å². The number of hydrogen-bond donors (Lipinski definition) is 1. The topological polar surface area (TPSA) is 56.2 Å². The summed E-state index contributed by atoms with van der Waals surface area (Å²) < 4.78 is 30.6. The number of aryl methyl sites for hydroxylation is 1. The van der Waals surface area contributed by atoms with Crippen LogP contribution in [-0.4, -0.2) is 22.3 Å². The molecular formula is C21H21F2N3O2. The lowest BCUT2D eigenvalue weighted by atomic mass is 10.1. The monoisotopic (exact) mass is 385 g/mol. The van der Waals surface area contributed by atoms with E-state index in [0.717, 1.165) is 22.5 Å². The third kappa shape index (κ3) is 4.73. The Hall–Kier alpha value is -3.22. The van der Waals surface area contributed by atoms with Crippen molar-refractivity contribution in [3.05, 3.63) is 82.7 Å². The fraction of sp³-hybridized carbons (Fsp3) is 0.238. The van der Waals surface area contributed by atoms with Gasteiger partial charge in [0.15, 0.2) is 0 Å². The summed E-state index contributed by atoms with van der Waals surface area (Å²) in [5.74, 6) is -0.279. The van der Waals surface area contributed by atoms with E-state index in [2.05, 4.69) is 15.2 Å². The Bertz CT molecular complexity index is 938. The number of ether oxygens (including phenoxy) is 1. The molecule has 7 heteroatoms. The first kappa shape index (κ1) is 19.5. The van der Waals surface area contributed by atoms with Gasteiger partial charge in [0.05, 0.1) is 12.2 Å². The van der Waals surface area contributed by atoms with Crippen molar-refractivity contribution in [2.75, 3.05) is 0 Å². The number of aromatic nitrogens is 2. The predicted octanol–water partition coefficient (Wildman–Crippen LogP) is 4.08. The highest BCUT2D eigenvalue weighted by Crippen LogP contribution is 2.17. The van der Waals surface area contributed by atoms with E-state index < -0.39 is 6.61 Å². The molecule has 0 bridgehead atoms. The molecule has 5 nitrogen and oxygen atoms in total. The molecule has 28 heavy (non-hydrogen) atoms. The minimum absolute atomic E-state index is 0.0143. The van der Waals surface area contributed by atoms with Crippen LogP contribution in [0.3, 0.4) is 0 Å². The Kier molecular flexibility index (Phi) is 6.03. The average Bonchev–Trinajstić information content (AvgIpc) is 2.94. The number of carbonyl (C=O) groups excluding carboxylic acids is 1. The molecular weight excluding hydrogens is 364 g/mol. The van der Waals surface area contributed by atoms with Crippen molar-refractivity contribution >= 4 is 5.91 Å². The number of nitrogens with zero attached hydrogens (tertiary/aromatic N) is 2. The Morgan fingerprint density at radius 3 is 2.43 bits per heavy atom. The third-order valence-electron chi connectivity index (χ3n) is 4.47. The number of hydrogen-bond acceptors (Lipinski definition) is 3. The smallest absolute Gasteiger partial charge is 0.387 e. The van der Waals surface area contributed by atoms with Gasteiger partial charge in [-0.05, 0) is 43.7 Å². The molecule has 0 spiro atoms. The molecule has 1 N–H and O–H groups in total. The maximum atomic E-state index is 12.3. The van der Waals surface area contributed by atoms with E-state index in [-0.39, 0.29) is 11.7 Å². The lowest BCUT2D eigenvalue weighted by Gasteiger charge is -2.08. The second kappa shape index (κ2) is 8.65. The first-order valence-electron chi connectivity index (χ1n) is 8.84. The predicted molar refractivity (Wildman–Crippen MR) is 101 cm³/mol. The van der Waals surface area contributed by atoms with E-state index in [1.54, 1.807) is 0 Å². The zero-order valence-corrected chi connectivity index (χ0v) is 15.7. The molecule has 0 atom stereocenters. The summed E-state index contributed by atoms with van der Waals surface area (Å²) in [6, 6.07) is 15.6. The Balaban J connectivity index is 1.65. The zero-order valence-electron chi connectivity index (χ0n) is 15.7. The van der Waals surface area contributed by atoms with Gasteiger partial charge in [-0.2, -0.15) is 13.9 Å². The summed E-state index contributed by atoms with van der Waals surface area (Å²) in [7, 11) is 0. The molecule has 0 saturated heterocycles. The number of nitrogens with one attached hydrogen (secondary N) is 1. The molecule has 3 aromatic rings. The number of alkyl halides is 2. The largest absolute Gasteiger partial charge is 0.435 e. The lowest BCUT2D eigenvalue weighted by Crippen LogP contribution is -2.23. The number of carbonyl (C=O) groups is 1. The van der Waals surface area contributed by atoms with Crippen molar-refractivity contribution in [2.24, 2.45) is 0 Å². The van der Waals surface area contributed by atoms with Crippen molar-refractivity contribution < 1.29 is 18.3 Å². The molecule has 0 aliphatic heterocycles. The third-order valence-corrected chi connectivity index (χ3v) is 4.47. The van der Waals surface area contributed by atoms with Crippen LogP contribution >= 0.6 is 0 Å². The summed E-state index contributed by atoms with van der Waals surface area (Å²) in [6.07, 6.45) is 0. The molecule has 0 fully saturated rings. The van der Waals surface area contributed by atoms with Crippen LogP contribution < -0.4 is 10.1 Å². The van der Waals surface area contributed by atoms with Crippen LogP contribution in [0.5, 0.6) is 5.75 Å². The molecule has 0 radical (unpaired) electrons. The van der Waals surface area contributed by atoms with Crippen LogP contribution in [-0.2, 0) is 13.1 Å². The SMILES string of the molecule is Cc1nn(Cc2ccccc2)c(C)c1CNC(=O)c1ccc(OC(F)F)cc1. The van der Waals surface area contributed by atoms with E-state index in [4.69, 9.17) is 0 Å². The lowest BCUT2D eigenvalue weighted by molar-refractivity contribution is -0.0498. The number of rotatable bonds is 7. The highest BCUT2D eigenvalue weighted by atomic mass is 19.3. The second-order valence-corrected chi connectivity index (χ2v) is 6.38. The molecule has 0 saturated carbocycles. The van der Waals surface area contributed by atoms with E-state index >= 15 is 0 Å². The Morgan fingerprint density at radius 1 is 1.11 bits per heavy atom. The minimum atomic E-state index is -2.89. The molecule has 1 heterocycles. The van der Waals surface area contributed by atoms with Gasteiger partial charge in [-0.25, -0.2) is 0 Å². The van der Waals surface area contributed by atoms with E-state index in [9.17, 15) is 13.6 Å². The van der Waals surface area contributed by atoms with Crippen molar-refractivity contribution in [1.29, 1.82) is 0 Å². The summed E-state index contributed by atoms with van der Waals surface area (Å²) in [5.41, 5.74) is 4.32. The van der Waals surface area contributed by atoms with Gasteiger partial charge in [-0.1, -0.05) is 30.3 Å². The fourth-order valence-electron chi connectivity index (χ4n) is 2.96. The Morgan fingerprint density at radius 2 is 1.79 bits per heavy atom. The van der Waals surface area contributed by atoms with Gasteiger partial charge >= 0.3 is 6.61 Å². The standard InChI is InChI=1S/C21H21F2N3O2/c1-14-19(15(2)26(25-14)13-16-6-4-3-5-7-16)12-24-20(27)17-8-10-18(11-9-17)28-21(22)23/h3-11,21H,12-13H2,1-2H3,(H,24,27). The molecule has 0 unspecified atom stereocenters. The van der Waals surface area contributed by atoms with Gasteiger partial charge in [-0.3, -0.25) is 9.48 Å². The number of benzene rings is 2. The molecule has 2 aromatic carbocycles. The fourth-order valence-corrected chi connectivity index (χ4v) is 2.96. The first-order valence-corrected chi connectivity index (χ1v) is 8.84. The maximum Gasteiger partial charge on any atom is 0.387 e. The van der Waals surface area contributed by atoms with Crippen molar-refractivity contribution in [1.82, 2.24) is 15.1 Å². The molecule has 146 valence electrons. The number of amides is 1. The Labute approximate surface area is 161 Å². The van der Waals surface area contributed by atoms with Gasteiger partial charge < -0.3 is 10.1 Å². The normalized spacial score (nSPS) is 10.9. The molecule has 3 rings (SSSR count). The van der Waals surface area contributed by atoms with Gasteiger partial charge in [0.25, 0.3) is 5.91 Å². The summed E-state index contributed by atoms with van der Waals surface area (Å²) in [4.78, 5) is 12.3. The van der Waals surface area contributed by atoms with E-state index in [1.165, 1.54) is 24.3 Å². The van der Waals surface area contributed by atoms with Crippen LogP contribution in [0.4, 0.5) is 8.78 Å². The summed E-state index contributed by atoms with van der Waals surface area (Å²) in [6.45, 7) is 1.99. The van der Waals surface area contributed by atoms with Crippen molar-refractivity contribution in [3.63, 3.8) is 0 Å². The molecule has 0 aliphatic rings. The van der Waals surface area contributed by atoms with E-state index in [1.807, 2.05) is 48.9 Å². The molecule has 0 aliphatic carbocycles.